The highest BCUT2D eigenvalue weighted by molar-refractivity contribution is 8.00. The summed E-state index contributed by atoms with van der Waals surface area (Å²) in [6, 6.07) is 7.05. The summed E-state index contributed by atoms with van der Waals surface area (Å²) in [5.74, 6) is 1.19. The Labute approximate surface area is 138 Å². The maximum Gasteiger partial charge on any atom is 0.0471 e. The van der Waals surface area contributed by atoms with Crippen molar-refractivity contribution in [3.63, 3.8) is 0 Å². The molecule has 0 bridgehead atoms. The smallest absolute Gasteiger partial charge is 0.0471 e. The Morgan fingerprint density at radius 2 is 2.05 bits per heavy atom. The van der Waals surface area contributed by atoms with Crippen molar-refractivity contribution in [3.8, 4) is 0 Å². The van der Waals surface area contributed by atoms with E-state index in [1.165, 1.54) is 17.0 Å². The maximum atomic E-state index is 6.49. The molecule has 1 N–H and O–H groups in total. The van der Waals surface area contributed by atoms with Crippen LogP contribution in [-0.4, -0.2) is 29.1 Å². The number of rotatable bonds is 3. The zero-order chi connectivity index (χ0) is 15.6. The van der Waals surface area contributed by atoms with E-state index in [4.69, 9.17) is 11.6 Å². The first-order valence-corrected chi connectivity index (χ1v) is 9.12. The van der Waals surface area contributed by atoms with Gasteiger partial charge in [-0.1, -0.05) is 24.6 Å². The molecule has 4 heteroatoms. The molecule has 1 aliphatic rings. The van der Waals surface area contributed by atoms with E-state index in [9.17, 15) is 0 Å². The molecule has 0 radical (unpaired) electrons. The number of halogens is 1. The molecular weight excluding hydrogens is 300 g/mol. The predicted molar refractivity (Wildman–Crippen MR) is 96.8 cm³/mol. The van der Waals surface area contributed by atoms with Gasteiger partial charge in [0.15, 0.2) is 0 Å². The van der Waals surface area contributed by atoms with Gasteiger partial charge in [-0.25, -0.2) is 0 Å². The highest BCUT2D eigenvalue weighted by Gasteiger charge is 2.25. The van der Waals surface area contributed by atoms with Crippen LogP contribution in [0.4, 0.5) is 5.69 Å². The number of hydrogen-bond donors (Lipinski definition) is 1. The van der Waals surface area contributed by atoms with E-state index in [0.717, 1.165) is 18.1 Å². The van der Waals surface area contributed by atoms with E-state index < -0.39 is 0 Å². The predicted octanol–water partition coefficient (Wildman–Crippen LogP) is 4.56. The average Bonchev–Trinajstić information content (AvgIpc) is 2.39. The van der Waals surface area contributed by atoms with E-state index in [2.05, 4.69) is 74.8 Å². The molecule has 0 aliphatic carbocycles. The molecule has 118 valence electrons. The van der Waals surface area contributed by atoms with E-state index in [1.54, 1.807) is 0 Å². The number of nitrogens with zero attached hydrogens (tertiary/aromatic N) is 1. The SMILES string of the molecule is CC1SCCN(c2ccc(CNC(C)(C)C)c(Cl)c2)C1C. The standard InChI is InChI=1S/C17H27ClN2S/c1-12-13(2)21-9-8-20(12)15-7-6-14(16(18)10-15)11-19-17(3,4)5/h6-7,10,12-13,19H,8-9,11H2,1-5H3. The van der Waals surface area contributed by atoms with Crippen molar-refractivity contribution in [3.05, 3.63) is 28.8 Å². The molecule has 1 saturated heterocycles. The second kappa shape index (κ2) is 6.80. The third kappa shape index (κ3) is 4.54. The van der Waals surface area contributed by atoms with Gasteiger partial charge in [-0.2, -0.15) is 11.8 Å². The van der Waals surface area contributed by atoms with Crippen molar-refractivity contribution in [1.29, 1.82) is 0 Å². The molecule has 1 fully saturated rings. The van der Waals surface area contributed by atoms with Gasteiger partial charge in [-0.05, 0) is 45.4 Å². The summed E-state index contributed by atoms with van der Waals surface area (Å²) in [7, 11) is 0. The minimum Gasteiger partial charge on any atom is -0.367 e. The van der Waals surface area contributed by atoms with Gasteiger partial charge in [-0.3, -0.25) is 0 Å². The molecule has 0 saturated carbocycles. The molecule has 1 aromatic rings. The van der Waals surface area contributed by atoms with Crippen LogP contribution in [0.5, 0.6) is 0 Å². The summed E-state index contributed by atoms with van der Waals surface area (Å²) < 4.78 is 0. The first-order chi connectivity index (χ1) is 9.78. The lowest BCUT2D eigenvalue weighted by atomic mass is 10.1. The molecule has 1 aliphatic heterocycles. The summed E-state index contributed by atoms with van der Waals surface area (Å²) in [6.07, 6.45) is 0. The number of hydrogen-bond acceptors (Lipinski definition) is 3. The van der Waals surface area contributed by atoms with Crippen LogP contribution in [0.3, 0.4) is 0 Å². The lowest BCUT2D eigenvalue weighted by Crippen LogP contribution is -2.44. The summed E-state index contributed by atoms with van der Waals surface area (Å²) >= 11 is 8.55. The Morgan fingerprint density at radius 3 is 2.67 bits per heavy atom. The van der Waals surface area contributed by atoms with Gasteiger partial charge in [0.05, 0.1) is 0 Å². The minimum atomic E-state index is 0.107. The fourth-order valence-corrected chi connectivity index (χ4v) is 3.86. The average molecular weight is 327 g/mol. The van der Waals surface area contributed by atoms with Crippen LogP contribution in [0.15, 0.2) is 18.2 Å². The van der Waals surface area contributed by atoms with Crippen molar-refractivity contribution >= 4 is 29.1 Å². The minimum absolute atomic E-state index is 0.107. The second-order valence-electron chi connectivity index (χ2n) is 6.89. The van der Waals surface area contributed by atoms with Gasteiger partial charge in [-0.15, -0.1) is 0 Å². The molecule has 2 unspecified atom stereocenters. The first-order valence-electron chi connectivity index (χ1n) is 7.69. The molecule has 0 spiro atoms. The Bertz CT molecular complexity index is 484. The van der Waals surface area contributed by atoms with E-state index in [-0.39, 0.29) is 5.54 Å². The third-order valence-corrected chi connectivity index (χ3v) is 5.75. The van der Waals surface area contributed by atoms with Gasteiger partial charge >= 0.3 is 0 Å². The molecule has 21 heavy (non-hydrogen) atoms. The van der Waals surface area contributed by atoms with E-state index in [0.29, 0.717) is 11.3 Å². The molecule has 0 aromatic heterocycles. The van der Waals surface area contributed by atoms with Crippen molar-refractivity contribution in [2.75, 3.05) is 17.2 Å². The van der Waals surface area contributed by atoms with Crippen molar-refractivity contribution in [1.82, 2.24) is 5.32 Å². The summed E-state index contributed by atoms with van der Waals surface area (Å²) in [4.78, 5) is 2.48. The van der Waals surface area contributed by atoms with Crippen LogP contribution >= 0.6 is 23.4 Å². The maximum absolute atomic E-state index is 6.49. The number of nitrogens with one attached hydrogen (secondary N) is 1. The van der Waals surface area contributed by atoms with Crippen LogP contribution < -0.4 is 10.2 Å². The van der Waals surface area contributed by atoms with Crippen LogP contribution in [-0.2, 0) is 6.54 Å². The zero-order valence-corrected chi connectivity index (χ0v) is 15.3. The molecule has 2 atom stereocenters. The Hall–Kier alpha value is -0.380. The Kier molecular flexibility index (Phi) is 5.50. The third-order valence-electron chi connectivity index (χ3n) is 4.06. The van der Waals surface area contributed by atoms with Gasteiger partial charge < -0.3 is 10.2 Å². The Morgan fingerprint density at radius 1 is 1.33 bits per heavy atom. The van der Waals surface area contributed by atoms with Crippen LogP contribution in [0, 0.1) is 0 Å². The fraction of sp³-hybridized carbons (Fsp3) is 0.647. The normalized spacial score (nSPS) is 23.4. The second-order valence-corrected chi connectivity index (χ2v) is 8.78. The quantitative estimate of drug-likeness (QED) is 0.876. The lowest BCUT2D eigenvalue weighted by molar-refractivity contribution is 0.424. The number of anilines is 1. The number of thioether (sulfide) groups is 1. The van der Waals surface area contributed by atoms with Crippen molar-refractivity contribution < 1.29 is 0 Å². The molecule has 1 heterocycles. The molecule has 0 amide bonds. The fourth-order valence-electron chi connectivity index (χ4n) is 2.52. The number of benzene rings is 1. The van der Waals surface area contributed by atoms with Crippen LogP contribution in [0.2, 0.25) is 5.02 Å². The molecule has 2 rings (SSSR count). The zero-order valence-electron chi connectivity index (χ0n) is 13.7. The van der Waals surface area contributed by atoms with Gasteiger partial charge in [0.1, 0.15) is 0 Å². The topological polar surface area (TPSA) is 15.3 Å². The van der Waals surface area contributed by atoms with E-state index >= 15 is 0 Å². The molecular formula is C17H27ClN2S. The summed E-state index contributed by atoms with van der Waals surface area (Å²) in [6.45, 7) is 13.0. The summed E-state index contributed by atoms with van der Waals surface area (Å²) in [5.41, 5.74) is 2.53. The summed E-state index contributed by atoms with van der Waals surface area (Å²) in [5, 5.41) is 5.02. The lowest BCUT2D eigenvalue weighted by Gasteiger charge is -2.39. The van der Waals surface area contributed by atoms with Gasteiger partial charge in [0.2, 0.25) is 0 Å². The van der Waals surface area contributed by atoms with E-state index in [1.807, 2.05) is 0 Å². The van der Waals surface area contributed by atoms with Gasteiger partial charge in [0, 0.05) is 46.4 Å². The van der Waals surface area contributed by atoms with Crippen molar-refractivity contribution in [2.24, 2.45) is 0 Å². The largest absolute Gasteiger partial charge is 0.367 e. The molecule has 2 nitrogen and oxygen atoms in total. The van der Waals surface area contributed by atoms with Crippen LogP contribution in [0.25, 0.3) is 0 Å². The van der Waals surface area contributed by atoms with Crippen molar-refractivity contribution in [2.45, 2.75) is 58.0 Å². The molecule has 1 aromatic carbocycles. The van der Waals surface area contributed by atoms with Crippen LogP contribution in [0.1, 0.15) is 40.2 Å². The monoisotopic (exact) mass is 326 g/mol. The highest BCUT2D eigenvalue weighted by Crippen LogP contribution is 2.31. The highest BCUT2D eigenvalue weighted by atomic mass is 35.5. The first kappa shape index (κ1) is 17.0. The van der Waals surface area contributed by atoms with Gasteiger partial charge in [0.25, 0.3) is 0 Å². The Balaban J connectivity index is 2.11.